The van der Waals surface area contributed by atoms with Crippen molar-refractivity contribution in [3.63, 3.8) is 0 Å². The molecule has 1 rings (SSSR count). The average molecular weight is 399 g/mol. The van der Waals surface area contributed by atoms with Crippen LogP contribution in [0.25, 0.3) is 0 Å². The van der Waals surface area contributed by atoms with Crippen molar-refractivity contribution >= 4 is 42.7 Å². The Labute approximate surface area is 127 Å². The molecule has 0 heterocycles. The summed E-state index contributed by atoms with van der Waals surface area (Å²) < 4.78 is 12.3. The van der Waals surface area contributed by atoms with E-state index in [-0.39, 0.29) is 5.75 Å². The summed E-state index contributed by atoms with van der Waals surface area (Å²) in [4.78, 5) is 0. The maximum absolute atomic E-state index is 11.0. The molecule has 102 valence electrons. The molecule has 0 fully saturated rings. The minimum atomic E-state index is -0.733. The number of nitrogens with one attached hydrogen (secondary N) is 1. The molecular formula is C12H17Br2NO2S. The molecule has 2 N–H and O–H groups in total. The molecule has 0 aliphatic heterocycles. The van der Waals surface area contributed by atoms with Gasteiger partial charge >= 0.3 is 0 Å². The summed E-state index contributed by atoms with van der Waals surface area (Å²) in [6, 6.07) is 4.09. The fraction of sp³-hybridized carbons (Fsp3) is 0.500. The summed E-state index contributed by atoms with van der Waals surface area (Å²) in [7, 11) is -0.733. The van der Waals surface area contributed by atoms with E-state index in [0.717, 1.165) is 24.3 Å². The van der Waals surface area contributed by atoms with Crippen LogP contribution < -0.4 is 5.32 Å². The highest BCUT2D eigenvalue weighted by Crippen LogP contribution is 2.33. The predicted octanol–water partition coefficient (Wildman–Crippen LogP) is 3.16. The van der Waals surface area contributed by atoms with E-state index in [1.165, 1.54) is 0 Å². The summed E-state index contributed by atoms with van der Waals surface area (Å²) in [5, 5.41) is 13.0. The van der Waals surface area contributed by atoms with Crippen LogP contribution in [-0.4, -0.2) is 27.4 Å². The van der Waals surface area contributed by atoms with Gasteiger partial charge in [-0.15, -0.1) is 0 Å². The molecule has 2 unspecified atom stereocenters. The van der Waals surface area contributed by atoms with Crippen LogP contribution in [0.15, 0.2) is 21.1 Å². The minimum Gasteiger partial charge on any atom is -0.506 e. The number of phenolic OH excluding ortho intramolecular Hbond substituents is 1. The van der Waals surface area contributed by atoms with E-state index < -0.39 is 10.8 Å². The number of hydrogen-bond acceptors (Lipinski definition) is 3. The molecule has 0 radical (unpaired) electrons. The van der Waals surface area contributed by atoms with Gasteiger partial charge in [0, 0.05) is 35.4 Å². The molecule has 0 bridgehead atoms. The minimum absolute atomic E-state index is 0.216. The van der Waals surface area contributed by atoms with Crippen LogP contribution in [0.5, 0.6) is 5.75 Å². The second-order valence-corrected chi connectivity index (χ2v) is 7.52. The van der Waals surface area contributed by atoms with Gasteiger partial charge in [0.05, 0.1) is 8.95 Å². The van der Waals surface area contributed by atoms with E-state index in [0.29, 0.717) is 15.0 Å². The fourth-order valence-electron chi connectivity index (χ4n) is 1.46. The van der Waals surface area contributed by atoms with E-state index in [1.54, 1.807) is 6.26 Å². The topological polar surface area (TPSA) is 49.3 Å². The molecule has 0 aliphatic rings. The highest BCUT2D eigenvalue weighted by molar-refractivity contribution is 9.11. The molecule has 3 nitrogen and oxygen atoms in total. The molecule has 0 amide bonds. The van der Waals surface area contributed by atoms with Crippen molar-refractivity contribution in [1.82, 2.24) is 5.32 Å². The maximum Gasteiger partial charge on any atom is 0.143 e. The fourth-order valence-corrected chi connectivity index (χ4v) is 3.42. The Bertz CT molecular complexity index is 417. The summed E-state index contributed by atoms with van der Waals surface area (Å²) in [5.41, 5.74) is 1.08. The zero-order valence-corrected chi connectivity index (χ0v) is 14.4. The quantitative estimate of drug-likeness (QED) is 0.773. The second-order valence-electron chi connectivity index (χ2n) is 4.26. The van der Waals surface area contributed by atoms with Crippen LogP contribution in [-0.2, 0) is 17.3 Å². The van der Waals surface area contributed by atoms with Gasteiger partial charge in [0.25, 0.3) is 0 Å². The molecule has 0 spiro atoms. The molecule has 1 aromatic carbocycles. The van der Waals surface area contributed by atoms with Gasteiger partial charge in [0.1, 0.15) is 5.75 Å². The Hall–Kier alpha value is 0.0900. The molecule has 6 heteroatoms. The van der Waals surface area contributed by atoms with Crippen molar-refractivity contribution in [3.05, 3.63) is 26.6 Å². The van der Waals surface area contributed by atoms with Crippen LogP contribution in [0.2, 0.25) is 0 Å². The second kappa shape index (κ2) is 7.62. The number of hydrogen-bond donors (Lipinski definition) is 2. The van der Waals surface area contributed by atoms with E-state index >= 15 is 0 Å². The molecular weight excluding hydrogens is 382 g/mol. The molecule has 0 saturated heterocycles. The molecule has 1 aromatic rings. The highest BCUT2D eigenvalue weighted by Gasteiger charge is 2.07. The lowest BCUT2D eigenvalue weighted by molar-refractivity contribution is 0.467. The van der Waals surface area contributed by atoms with Crippen molar-refractivity contribution in [1.29, 1.82) is 0 Å². The van der Waals surface area contributed by atoms with Crippen molar-refractivity contribution in [2.24, 2.45) is 0 Å². The van der Waals surface area contributed by atoms with Crippen LogP contribution in [0.3, 0.4) is 0 Å². The Balaban J connectivity index is 2.51. The molecule has 0 saturated carbocycles. The van der Waals surface area contributed by atoms with Gasteiger partial charge in [-0.25, -0.2) is 0 Å². The number of benzene rings is 1. The van der Waals surface area contributed by atoms with Gasteiger partial charge in [-0.1, -0.05) is 0 Å². The third-order valence-corrected chi connectivity index (χ3v) is 4.59. The van der Waals surface area contributed by atoms with E-state index in [1.807, 2.05) is 12.1 Å². The Kier molecular flexibility index (Phi) is 6.84. The molecule has 18 heavy (non-hydrogen) atoms. The third kappa shape index (κ3) is 5.38. The lowest BCUT2D eigenvalue weighted by Crippen LogP contribution is -2.27. The first-order valence-electron chi connectivity index (χ1n) is 5.60. The van der Waals surface area contributed by atoms with Crippen LogP contribution in [0.4, 0.5) is 0 Å². The first kappa shape index (κ1) is 16.1. The van der Waals surface area contributed by atoms with Gasteiger partial charge in [0.15, 0.2) is 0 Å². The lowest BCUT2D eigenvalue weighted by atomic mass is 10.2. The normalized spacial score (nSPS) is 14.4. The number of aromatic hydroxyl groups is 1. The predicted molar refractivity (Wildman–Crippen MR) is 83.4 cm³/mol. The zero-order valence-electron chi connectivity index (χ0n) is 10.4. The SMILES string of the molecule is CC(CCS(C)=O)NCc1cc(Br)c(O)c(Br)c1. The maximum atomic E-state index is 11.0. The molecule has 0 aromatic heterocycles. The Morgan fingerprint density at radius 2 is 1.94 bits per heavy atom. The summed E-state index contributed by atoms with van der Waals surface area (Å²) >= 11 is 6.61. The lowest BCUT2D eigenvalue weighted by Gasteiger charge is -2.14. The summed E-state index contributed by atoms with van der Waals surface area (Å²) in [6.45, 7) is 2.80. The van der Waals surface area contributed by atoms with E-state index in [9.17, 15) is 9.32 Å². The number of phenols is 1. The molecule has 2 atom stereocenters. The first-order chi connectivity index (χ1) is 8.40. The smallest absolute Gasteiger partial charge is 0.143 e. The monoisotopic (exact) mass is 397 g/mol. The van der Waals surface area contributed by atoms with Gasteiger partial charge in [0.2, 0.25) is 0 Å². The van der Waals surface area contributed by atoms with Crippen LogP contribution in [0.1, 0.15) is 18.9 Å². The van der Waals surface area contributed by atoms with Crippen molar-refractivity contribution < 1.29 is 9.32 Å². The Morgan fingerprint density at radius 3 is 2.44 bits per heavy atom. The third-order valence-electron chi connectivity index (χ3n) is 2.57. The van der Waals surface area contributed by atoms with Gasteiger partial charge < -0.3 is 10.4 Å². The van der Waals surface area contributed by atoms with E-state index in [2.05, 4.69) is 44.1 Å². The largest absolute Gasteiger partial charge is 0.506 e. The van der Waals surface area contributed by atoms with Crippen LogP contribution in [0, 0.1) is 0 Å². The van der Waals surface area contributed by atoms with Gasteiger partial charge in [-0.3, -0.25) is 4.21 Å². The standard InChI is InChI=1S/C12H17Br2NO2S/c1-8(3-4-18(2)17)15-7-9-5-10(13)12(16)11(14)6-9/h5-6,8,15-16H,3-4,7H2,1-2H3. The van der Waals surface area contributed by atoms with Crippen molar-refractivity contribution in [2.75, 3.05) is 12.0 Å². The average Bonchev–Trinajstić information content (AvgIpc) is 2.30. The van der Waals surface area contributed by atoms with E-state index in [4.69, 9.17) is 0 Å². The van der Waals surface area contributed by atoms with Crippen molar-refractivity contribution in [2.45, 2.75) is 25.9 Å². The van der Waals surface area contributed by atoms with Gasteiger partial charge in [-0.05, 0) is 62.9 Å². The summed E-state index contributed by atoms with van der Waals surface area (Å²) in [5.74, 6) is 0.935. The van der Waals surface area contributed by atoms with Crippen LogP contribution >= 0.6 is 31.9 Å². The molecule has 0 aliphatic carbocycles. The summed E-state index contributed by atoms with van der Waals surface area (Å²) in [6.07, 6.45) is 2.62. The zero-order chi connectivity index (χ0) is 13.7. The number of halogens is 2. The van der Waals surface area contributed by atoms with Crippen molar-refractivity contribution in [3.8, 4) is 5.75 Å². The highest BCUT2D eigenvalue weighted by atomic mass is 79.9. The van der Waals surface area contributed by atoms with Gasteiger partial charge in [-0.2, -0.15) is 0 Å². The number of rotatable bonds is 6. The Morgan fingerprint density at radius 1 is 1.39 bits per heavy atom. The first-order valence-corrected chi connectivity index (χ1v) is 8.91.